The predicted octanol–water partition coefficient (Wildman–Crippen LogP) is 4.78. The van der Waals surface area contributed by atoms with E-state index in [2.05, 4.69) is 19.2 Å². The van der Waals surface area contributed by atoms with Gasteiger partial charge in [-0.05, 0) is 48.2 Å². The molecule has 27 heavy (non-hydrogen) atoms. The van der Waals surface area contributed by atoms with Crippen LogP contribution in [0.3, 0.4) is 0 Å². The van der Waals surface area contributed by atoms with Crippen LogP contribution < -0.4 is 19.5 Å². The number of ether oxygens (including phenoxy) is 3. The Hall–Kier alpha value is -2.95. The molecular weight excluding hydrogens is 342 g/mol. The number of nitrogens with one attached hydrogen (secondary N) is 1. The molecular formula is C22H27NO4. The summed E-state index contributed by atoms with van der Waals surface area (Å²) in [6.45, 7) is 4.96. The van der Waals surface area contributed by atoms with Crippen LogP contribution in [0, 0.1) is 5.92 Å². The van der Waals surface area contributed by atoms with Crippen molar-refractivity contribution in [1.82, 2.24) is 0 Å². The highest BCUT2D eigenvalue weighted by atomic mass is 16.5. The SMILES string of the molecule is COc1ccccc1NC(=O)C=Cc1ccc(OCCC(C)C)c(OC)c1. The molecule has 5 heteroatoms. The summed E-state index contributed by atoms with van der Waals surface area (Å²) >= 11 is 0. The van der Waals surface area contributed by atoms with E-state index in [1.807, 2.05) is 30.3 Å². The van der Waals surface area contributed by atoms with Crippen LogP contribution in [-0.2, 0) is 4.79 Å². The van der Waals surface area contributed by atoms with Crippen molar-refractivity contribution >= 4 is 17.7 Å². The van der Waals surface area contributed by atoms with Crippen molar-refractivity contribution in [3.63, 3.8) is 0 Å². The zero-order chi connectivity index (χ0) is 19.6. The monoisotopic (exact) mass is 369 g/mol. The summed E-state index contributed by atoms with van der Waals surface area (Å²) in [7, 11) is 3.17. The first kappa shape index (κ1) is 20.4. The highest BCUT2D eigenvalue weighted by molar-refractivity contribution is 6.02. The molecule has 0 radical (unpaired) electrons. The fourth-order valence-electron chi connectivity index (χ4n) is 2.41. The second kappa shape index (κ2) is 10.3. The van der Waals surface area contributed by atoms with Crippen molar-refractivity contribution in [2.75, 3.05) is 26.1 Å². The third-order valence-corrected chi connectivity index (χ3v) is 3.93. The van der Waals surface area contributed by atoms with Crippen LogP contribution in [-0.4, -0.2) is 26.7 Å². The molecule has 0 aliphatic rings. The van der Waals surface area contributed by atoms with Crippen LogP contribution in [0.4, 0.5) is 5.69 Å². The summed E-state index contributed by atoms with van der Waals surface area (Å²) in [6, 6.07) is 12.9. The molecule has 144 valence electrons. The number of carbonyl (C=O) groups excluding carboxylic acids is 1. The van der Waals surface area contributed by atoms with E-state index in [-0.39, 0.29) is 5.91 Å². The molecule has 2 aromatic carbocycles. The maximum atomic E-state index is 12.2. The summed E-state index contributed by atoms with van der Waals surface area (Å²) in [4.78, 5) is 12.2. The lowest BCUT2D eigenvalue weighted by atomic mass is 10.1. The fourth-order valence-corrected chi connectivity index (χ4v) is 2.41. The molecule has 0 atom stereocenters. The molecule has 0 aliphatic heterocycles. The molecule has 1 N–H and O–H groups in total. The molecule has 0 saturated carbocycles. The van der Waals surface area contributed by atoms with Crippen LogP contribution in [0.2, 0.25) is 0 Å². The van der Waals surface area contributed by atoms with Crippen LogP contribution in [0.25, 0.3) is 6.08 Å². The second-order valence-corrected chi connectivity index (χ2v) is 6.46. The number of benzene rings is 2. The quantitative estimate of drug-likeness (QED) is 0.646. The normalized spacial score (nSPS) is 10.9. The Balaban J connectivity index is 2.02. The van der Waals surface area contributed by atoms with E-state index in [4.69, 9.17) is 14.2 Å². The Morgan fingerprint density at radius 2 is 1.78 bits per heavy atom. The van der Waals surface area contributed by atoms with Gasteiger partial charge in [0, 0.05) is 6.08 Å². The Kier molecular flexibility index (Phi) is 7.74. The second-order valence-electron chi connectivity index (χ2n) is 6.46. The number of amides is 1. The molecule has 0 spiro atoms. The lowest BCUT2D eigenvalue weighted by Gasteiger charge is -2.12. The van der Waals surface area contributed by atoms with Crippen molar-refractivity contribution in [3.05, 3.63) is 54.1 Å². The molecule has 2 aromatic rings. The molecule has 0 aromatic heterocycles. The average molecular weight is 369 g/mol. The van der Waals surface area contributed by atoms with Crippen molar-refractivity contribution in [1.29, 1.82) is 0 Å². The van der Waals surface area contributed by atoms with Gasteiger partial charge in [0.05, 0.1) is 26.5 Å². The first-order valence-corrected chi connectivity index (χ1v) is 8.96. The maximum Gasteiger partial charge on any atom is 0.248 e. The topological polar surface area (TPSA) is 56.8 Å². The lowest BCUT2D eigenvalue weighted by molar-refractivity contribution is -0.111. The van der Waals surface area contributed by atoms with Crippen LogP contribution in [0.15, 0.2) is 48.5 Å². The molecule has 1 amide bonds. The van der Waals surface area contributed by atoms with E-state index in [9.17, 15) is 4.79 Å². The van der Waals surface area contributed by atoms with Gasteiger partial charge < -0.3 is 19.5 Å². The minimum absolute atomic E-state index is 0.240. The van der Waals surface area contributed by atoms with Gasteiger partial charge in [-0.25, -0.2) is 0 Å². The highest BCUT2D eigenvalue weighted by Gasteiger charge is 2.07. The first-order chi connectivity index (χ1) is 13.0. The number of hydrogen-bond donors (Lipinski definition) is 1. The van der Waals surface area contributed by atoms with Gasteiger partial charge in [0.25, 0.3) is 0 Å². The molecule has 0 fully saturated rings. The third-order valence-electron chi connectivity index (χ3n) is 3.93. The van der Waals surface area contributed by atoms with Gasteiger partial charge >= 0.3 is 0 Å². The van der Waals surface area contributed by atoms with Gasteiger partial charge in [-0.3, -0.25) is 4.79 Å². The van der Waals surface area contributed by atoms with Crippen molar-refractivity contribution in [2.24, 2.45) is 5.92 Å². The summed E-state index contributed by atoms with van der Waals surface area (Å²) in [6.07, 6.45) is 4.18. The molecule has 2 rings (SSSR count). The van der Waals surface area contributed by atoms with Crippen LogP contribution >= 0.6 is 0 Å². The van der Waals surface area contributed by atoms with E-state index < -0.39 is 0 Å². The zero-order valence-electron chi connectivity index (χ0n) is 16.3. The van der Waals surface area contributed by atoms with E-state index in [0.29, 0.717) is 35.5 Å². The molecule has 0 heterocycles. The Morgan fingerprint density at radius 3 is 2.48 bits per heavy atom. The largest absolute Gasteiger partial charge is 0.495 e. The predicted molar refractivity (Wildman–Crippen MR) is 109 cm³/mol. The van der Waals surface area contributed by atoms with Gasteiger partial charge in [0.15, 0.2) is 11.5 Å². The van der Waals surface area contributed by atoms with Gasteiger partial charge in [0.1, 0.15) is 5.75 Å². The summed E-state index contributed by atoms with van der Waals surface area (Å²) in [5, 5.41) is 2.80. The van der Waals surface area contributed by atoms with Gasteiger partial charge in [0.2, 0.25) is 5.91 Å². The van der Waals surface area contributed by atoms with Crippen LogP contribution in [0.1, 0.15) is 25.8 Å². The number of carbonyl (C=O) groups is 1. The van der Waals surface area contributed by atoms with Gasteiger partial charge in [-0.2, -0.15) is 0 Å². The third kappa shape index (κ3) is 6.37. The Morgan fingerprint density at radius 1 is 1.04 bits per heavy atom. The minimum Gasteiger partial charge on any atom is -0.495 e. The highest BCUT2D eigenvalue weighted by Crippen LogP contribution is 2.29. The minimum atomic E-state index is -0.240. The average Bonchev–Trinajstić information content (AvgIpc) is 2.67. The summed E-state index contributed by atoms with van der Waals surface area (Å²) in [5.74, 6) is 2.30. The smallest absolute Gasteiger partial charge is 0.248 e. The zero-order valence-corrected chi connectivity index (χ0v) is 16.3. The summed E-state index contributed by atoms with van der Waals surface area (Å²) in [5.41, 5.74) is 1.47. The standard InChI is InChI=1S/C22H27NO4/c1-16(2)13-14-27-20-11-9-17(15-21(20)26-4)10-12-22(24)23-18-7-5-6-8-19(18)25-3/h5-12,15-16H,13-14H2,1-4H3,(H,23,24). The number of methoxy groups -OCH3 is 2. The van der Waals surface area contributed by atoms with Crippen molar-refractivity contribution < 1.29 is 19.0 Å². The van der Waals surface area contributed by atoms with Gasteiger partial charge in [-0.1, -0.05) is 32.0 Å². The number of anilines is 1. The van der Waals surface area contributed by atoms with E-state index in [0.717, 1.165) is 12.0 Å². The van der Waals surface area contributed by atoms with Crippen LogP contribution in [0.5, 0.6) is 17.2 Å². The molecule has 5 nitrogen and oxygen atoms in total. The van der Waals surface area contributed by atoms with E-state index in [1.54, 1.807) is 32.4 Å². The van der Waals surface area contributed by atoms with Crippen molar-refractivity contribution in [2.45, 2.75) is 20.3 Å². The molecule has 0 unspecified atom stereocenters. The van der Waals surface area contributed by atoms with E-state index in [1.165, 1.54) is 6.08 Å². The number of rotatable bonds is 9. The Bertz CT molecular complexity index is 784. The first-order valence-electron chi connectivity index (χ1n) is 8.96. The number of hydrogen-bond acceptors (Lipinski definition) is 4. The van der Waals surface area contributed by atoms with Gasteiger partial charge in [-0.15, -0.1) is 0 Å². The number of para-hydroxylation sites is 2. The molecule has 0 saturated heterocycles. The fraction of sp³-hybridized carbons (Fsp3) is 0.318. The molecule has 0 aliphatic carbocycles. The van der Waals surface area contributed by atoms with Crippen molar-refractivity contribution in [3.8, 4) is 17.2 Å². The summed E-state index contributed by atoms with van der Waals surface area (Å²) < 4.78 is 16.4. The van der Waals surface area contributed by atoms with E-state index >= 15 is 0 Å². The maximum absolute atomic E-state index is 12.2. The lowest BCUT2D eigenvalue weighted by Crippen LogP contribution is -2.08. The Labute approximate surface area is 161 Å². The molecule has 0 bridgehead atoms.